The monoisotopic (exact) mass is 572 g/mol. The number of aliphatic carboxylic acids is 1. The van der Waals surface area contributed by atoms with Crippen molar-refractivity contribution in [3.63, 3.8) is 0 Å². The summed E-state index contributed by atoms with van der Waals surface area (Å²) in [5.41, 5.74) is 22.9. The van der Waals surface area contributed by atoms with Gasteiger partial charge in [-0.25, -0.2) is 9.78 Å². The van der Waals surface area contributed by atoms with Gasteiger partial charge >= 0.3 is 5.97 Å². The number of carbonyl (C=O) groups excluding carboxylic acids is 4. The molecule has 2 aromatic rings. The standard InChI is InChI=1S/C25H36N10O6/c26-16(7-4-8-31-25(28)29)21(37)33-17(10-15-12-30-13-32-15)22(38)34-18(11-20(27)36)23(39)35-19(24(40)41)9-14-5-2-1-3-6-14/h1-3,5-6,12-13,16-19H,4,7-11,26H2,(H2,27,36)(H,30,32)(H,33,37)(H,34,38)(H,35,39)(H,40,41)(H4,28,29,31). The third-order valence-corrected chi connectivity index (χ3v) is 5.85. The van der Waals surface area contributed by atoms with Crippen LogP contribution in [0.4, 0.5) is 0 Å². The third kappa shape index (κ3) is 11.7. The number of nitrogens with two attached hydrogens (primary N) is 4. The number of carbonyl (C=O) groups is 5. The fraction of sp³-hybridized carbons (Fsp3) is 0.400. The number of nitrogens with one attached hydrogen (secondary N) is 4. The van der Waals surface area contributed by atoms with Crippen LogP contribution in [0.2, 0.25) is 0 Å². The van der Waals surface area contributed by atoms with Crippen molar-refractivity contribution in [2.24, 2.45) is 27.9 Å². The molecule has 0 fully saturated rings. The van der Waals surface area contributed by atoms with E-state index in [1.165, 1.54) is 12.5 Å². The number of aromatic nitrogens is 2. The summed E-state index contributed by atoms with van der Waals surface area (Å²) < 4.78 is 0. The number of nitrogens with zero attached hydrogens (tertiary/aromatic N) is 2. The molecule has 1 aromatic carbocycles. The number of guanidine groups is 1. The van der Waals surface area contributed by atoms with Crippen LogP contribution >= 0.6 is 0 Å². The second-order valence-corrected chi connectivity index (χ2v) is 9.22. The molecule has 0 saturated heterocycles. The molecule has 16 heteroatoms. The Hall–Kier alpha value is -4.99. The van der Waals surface area contributed by atoms with Gasteiger partial charge in [0.2, 0.25) is 23.6 Å². The van der Waals surface area contributed by atoms with E-state index in [1.54, 1.807) is 30.3 Å². The Balaban J connectivity index is 2.14. The summed E-state index contributed by atoms with van der Waals surface area (Å²) in [5.74, 6) is -4.76. The van der Waals surface area contributed by atoms with Crippen molar-refractivity contribution in [2.45, 2.75) is 56.3 Å². The molecule has 0 radical (unpaired) electrons. The van der Waals surface area contributed by atoms with Crippen LogP contribution < -0.4 is 38.9 Å². The zero-order valence-electron chi connectivity index (χ0n) is 22.3. The Bertz CT molecular complexity index is 1200. The molecule has 0 aliphatic heterocycles. The van der Waals surface area contributed by atoms with Crippen LogP contribution in [0.15, 0.2) is 47.8 Å². The van der Waals surface area contributed by atoms with E-state index in [1.807, 2.05) is 0 Å². The molecule has 0 bridgehead atoms. The number of primary amides is 1. The zero-order valence-corrected chi connectivity index (χ0v) is 22.3. The Labute approximate surface area is 235 Å². The quantitative estimate of drug-likeness (QED) is 0.0525. The summed E-state index contributed by atoms with van der Waals surface area (Å²) in [6.45, 7) is 0.257. The van der Waals surface area contributed by atoms with Gasteiger partial charge in [0.15, 0.2) is 5.96 Å². The summed E-state index contributed by atoms with van der Waals surface area (Å²) in [7, 11) is 0. The van der Waals surface area contributed by atoms with E-state index in [0.717, 1.165) is 0 Å². The molecule has 0 saturated carbocycles. The molecule has 0 spiro atoms. The number of aromatic amines is 1. The van der Waals surface area contributed by atoms with Crippen molar-refractivity contribution in [1.29, 1.82) is 0 Å². The predicted octanol–water partition coefficient (Wildman–Crippen LogP) is -3.01. The van der Waals surface area contributed by atoms with Crippen molar-refractivity contribution < 1.29 is 29.1 Å². The maximum absolute atomic E-state index is 13.3. The van der Waals surface area contributed by atoms with E-state index in [-0.39, 0.29) is 31.8 Å². The van der Waals surface area contributed by atoms with E-state index in [2.05, 4.69) is 30.9 Å². The minimum atomic E-state index is -1.52. The summed E-state index contributed by atoms with van der Waals surface area (Å²) in [4.78, 5) is 73.1. The van der Waals surface area contributed by atoms with Gasteiger partial charge in [-0.05, 0) is 18.4 Å². The van der Waals surface area contributed by atoms with E-state index in [9.17, 15) is 29.1 Å². The van der Waals surface area contributed by atoms with Gasteiger partial charge in [0.1, 0.15) is 18.1 Å². The van der Waals surface area contributed by atoms with Crippen molar-refractivity contribution in [2.75, 3.05) is 6.54 Å². The number of carboxylic acids is 1. The van der Waals surface area contributed by atoms with Gasteiger partial charge in [-0.3, -0.25) is 24.2 Å². The SMILES string of the molecule is NC(=O)CC(NC(=O)C(Cc1cnc[nH]1)NC(=O)C(N)CCCN=C(N)N)C(=O)NC(Cc1ccccc1)C(=O)O. The van der Waals surface area contributed by atoms with Gasteiger partial charge in [-0.15, -0.1) is 0 Å². The van der Waals surface area contributed by atoms with Crippen LogP contribution in [0.25, 0.3) is 0 Å². The van der Waals surface area contributed by atoms with Crippen molar-refractivity contribution in [3.05, 3.63) is 54.1 Å². The molecular weight excluding hydrogens is 536 g/mol. The number of benzene rings is 1. The molecule has 4 atom stereocenters. The molecule has 2 rings (SSSR count). The highest BCUT2D eigenvalue weighted by Crippen LogP contribution is 2.06. The van der Waals surface area contributed by atoms with Crippen molar-refractivity contribution >= 4 is 35.6 Å². The third-order valence-electron chi connectivity index (χ3n) is 5.85. The Morgan fingerprint density at radius 1 is 0.902 bits per heavy atom. The minimum absolute atomic E-state index is 0.0429. The topological polar surface area (TPSA) is 287 Å². The normalized spacial score (nSPS) is 13.6. The van der Waals surface area contributed by atoms with Gasteiger partial charge in [0.25, 0.3) is 0 Å². The van der Waals surface area contributed by atoms with E-state index in [0.29, 0.717) is 17.7 Å². The molecule has 16 nitrogen and oxygen atoms in total. The molecule has 4 unspecified atom stereocenters. The smallest absolute Gasteiger partial charge is 0.326 e. The second kappa shape index (κ2) is 16.2. The highest BCUT2D eigenvalue weighted by Gasteiger charge is 2.31. The fourth-order valence-electron chi connectivity index (χ4n) is 3.76. The first kappa shape index (κ1) is 32.2. The van der Waals surface area contributed by atoms with Gasteiger partial charge in [0, 0.05) is 31.3 Å². The van der Waals surface area contributed by atoms with Gasteiger partial charge in [-0.1, -0.05) is 30.3 Å². The summed E-state index contributed by atoms with van der Waals surface area (Å²) in [6.07, 6.45) is 2.71. The molecule has 1 aromatic heterocycles. The number of hydrogen-bond acceptors (Lipinski definition) is 8. The number of H-pyrrole nitrogens is 1. The molecular formula is C25H36N10O6. The van der Waals surface area contributed by atoms with Crippen molar-refractivity contribution in [1.82, 2.24) is 25.9 Å². The van der Waals surface area contributed by atoms with E-state index in [4.69, 9.17) is 22.9 Å². The molecule has 13 N–H and O–H groups in total. The number of rotatable bonds is 17. The molecule has 4 amide bonds. The molecule has 1 heterocycles. The Morgan fingerprint density at radius 3 is 2.12 bits per heavy atom. The second-order valence-electron chi connectivity index (χ2n) is 9.22. The first-order valence-corrected chi connectivity index (χ1v) is 12.7. The van der Waals surface area contributed by atoms with Crippen LogP contribution in [0.3, 0.4) is 0 Å². The molecule has 222 valence electrons. The van der Waals surface area contributed by atoms with Crippen LogP contribution in [0, 0.1) is 0 Å². The predicted molar refractivity (Wildman–Crippen MR) is 148 cm³/mol. The number of amides is 4. The maximum atomic E-state index is 13.3. The molecule has 0 aliphatic carbocycles. The lowest BCUT2D eigenvalue weighted by atomic mass is 10.0. The number of carboxylic acid groups (broad SMARTS) is 1. The van der Waals surface area contributed by atoms with Gasteiger partial charge in [-0.2, -0.15) is 0 Å². The highest BCUT2D eigenvalue weighted by atomic mass is 16.4. The highest BCUT2D eigenvalue weighted by molar-refractivity contribution is 5.96. The first-order valence-electron chi connectivity index (χ1n) is 12.7. The van der Waals surface area contributed by atoms with Crippen LogP contribution in [-0.4, -0.2) is 81.3 Å². The van der Waals surface area contributed by atoms with E-state index < -0.39 is 60.2 Å². The zero-order chi connectivity index (χ0) is 30.4. The van der Waals surface area contributed by atoms with Gasteiger partial charge in [0.05, 0.1) is 18.8 Å². The lowest BCUT2D eigenvalue weighted by Gasteiger charge is -2.24. The summed E-state index contributed by atoms with van der Waals surface area (Å²) >= 11 is 0. The fourth-order valence-corrected chi connectivity index (χ4v) is 3.76. The van der Waals surface area contributed by atoms with E-state index >= 15 is 0 Å². The van der Waals surface area contributed by atoms with Crippen molar-refractivity contribution in [3.8, 4) is 0 Å². The lowest BCUT2D eigenvalue weighted by molar-refractivity contribution is -0.142. The number of imidazole rings is 1. The minimum Gasteiger partial charge on any atom is -0.480 e. The van der Waals surface area contributed by atoms with Crippen LogP contribution in [-0.2, 0) is 36.8 Å². The number of hydrogen-bond donors (Lipinski definition) is 9. The lowest BCUT2D eigenvalue weighted by Crippen LogP contribution is -2.58. The average molecular weight is 573 g/mol. The summed E-state index contributed by atoms with van der Waals surface area (Å²) in [5, 5.41) is 16.9. The average Bonchev–Trinajstić information content (AvgIpc) is 3.43. The Kier molecular flexibility index (Phi) is 12.7. The molecule has 0 aliphatic rings. The van der Waals surface area contributed by atoms with Crippen LogP contribution in [0.1, 0.15) is 30.5 Å². The van der Waals surface area contributed by atoms with Crippen LogP contribution in [0.5, 0.6) is 0 Å². The largest absolute Gasteiger partial charge is 0.480 e. The number of aliphatic imine (C=N–C) groups is 1. The first-order chi connectivity index (χ1) is 19.5. The summed E-state index contributed by atoms with van der Waals surface area (Å²) in [6, 6.07) is 3.47. The molecule has 41 heavy (non-hydrogen) atoms. The van der Waals surface area contributed by atoms with Gasteiger partial charge < -0.3 is 49.0 Å². The maximum Gasteiger partial charge on any atom is 0.326 e. The Morgan fingerprint density at radius 2 is 1.54 bits per heavy atom.